The number of ether oxygens (including phenoxy) is 4. The third kappa shape index (κ3) is 4.26. The Morgan fingerprint density at radius 3 is 2.60 bits per heavy atom. The first-order valence-electron chi connectivity index (χ1n) is 13.4. The lowest BCUT2D eigenvalue weighted by molar-refractivity contribution is -0.300. The maximum absolute atomic E-state index is 14.1. The fraction of sp³-hybridized carbons (Fsp3) is 0.464. The Hall–Kier alpha value is -3.94. The zero-order valence-corrected chi connectivity index (χ0v) is 22.1. The molecular weight excluding hydrogens is 569 g/mol. The second-order valence-corrected chi connectivity index (χ2v) is 11.4. The van der Waals surface area contributed by atoms with Gasteiger partial charge in [0.15, 0.2) is 17.2 Å². The predicted molar refractivity (Wildman–Crippen MR) is 131 cm³/mol. The summed E-state index contributed by atoms with van der Waals surface area (Å²) < 4.78 is 91.5. The van der Waals surface area contributed by atoms with Crippen LogP contribution in [0.5, 0.6) is 17.4 Å². The van der Waals surface area contributed by atoms with Crippen LogP contribution in [0.1, 0.15) is 73.8 Å². The van der Waals surface area contributed by atoms with E-state index in [1.807, 2.05) is 0 Å². The van der Waals surface area contributed by atoms with Crippen LogP contribution in [0.4, 0.5) is 22.0 Å². The Balaban J connectivity index is 1.18. The van der Waals surface area contributed by atoms with Crippen molar-refractivity contribution in [1.29, 1.82) is 0 Å². The molecule has 1 N–H and O–H groups in total. The molecule has 3 heterocycles. The summed E-state index contributed by atoms with van der Waals surface area (Å²) >= 11 is 0. The summed E-state index contributed by atoms with van der Waals surface area (Å²) in [6.07, 6.45) is -6.38. The molecule has 0 saturated heterocycles. The van der Waals surface area contributed by atoms with Crippen LogP contribution in [-0.4, -0.2) is 37.7 Å². The van der Waals surface area contributed by atoms with E-state index in [4.69, 9.17) is 9.47 Å². The summed E-state index contributed by atoms with van der Waals surface area (Å²) in [5, 5.41) is 13.4. The Labute approximate surface area is 235 Å². The first-order chi connectivity index (χ1) is 19.8. The number of pyridine rings is 1. The van der Waals surface area contributed by atoms with Crippen molar-refractivity contribution in [2.45, 2.75) is 75.7 Å². The Morgan fingerprint density at radius 2 is 1.88 bits per heavy atom. The number of carboxylic acids is 1. The molecule has 0 amide bonds. The van der Waals surface area contributed by atoms with Gasteiger partial charge in [-0.1, -0.05) is 6.07 Å². The van der Waals surface area contributed by atoms with Gasteiger partial charge in [0, 0.05) is 17.8 Å². The lowest BCUT2D eigenvalue weighted by atomic mass is 9.41. The largest absolute Gasteiger partial charge is 0.586 e. The molecular formula is C28H24F5N3O6. The molecule has 1 aromatic carbocycles. The second kappa shape index (κ2) is 8.79. The van der Waals surface area contributed by atoms with E-state index in [1.54, 1.807) is 6.92 Å². The monoisotopic (exact) mass is 593 g/mol. The molecule has 0 spiro atoms. The first-order valence-corrected chi connectivity index (χ1v) is 13.4. The van der Waals surface area contributed by atoms with E-state index in [9.17, 15) is 31.9 Å². The standard InChI is InChI=1S/C28H24F5N3O6/c1-14(15-5-6-18-20(9-15)42-28(32,33)41-18)39-21-10-16(7-8-34-21)36-22-17(23(35-36)27(29,30)31)3-2-4-19(22)40-26-11-25(12-26,13-26)24(37)38/h5-10,14,19H,2-4,11-13H2,1H3,(H,37,38)/t14-,19?,25?,26?/m0/s1. The lowest BCUT2D eigenvalue weighted by Crippen LogP contribution is -2.71. The first kappa shape index (κ1) is 26.9. The van der Waals surface area contributed by atoms with E-state index >= 15 is 0 Å². The molecule has 3 aromatic rings. The number of aliphatic carboxylic acids is 1. The van der Waals surface area contributed by atoms with Gasteiger partial charge in [-0.15, -0.1) is 8.78 Å². The third-order valence-corrected chi connectivity index (χ3v) is 8.47. The molecule has 8 rings (SSSR count). The molecule has 2 bridgehead atoms. The number of nitrogens with zero attached hydrogens (tertiary/aromatic N) is 3. The number of hydrogen-bond donors (Lipinski definition) is 1. The fourth-order valence-electron chi connectivity index (χ4n) is 6.59. The van der Waals surface area contributed by atoms with Crippen LogP contribution in [0, 0.1) is 5.41 Å². The minimum atomic E-state index is -4.70. The van der Waals surface area contributed by atoms with Crippen molar-refractivity contribution in [3.05, 3.63) is 59.0 Å². The van der Waals surface area contributed by atoms with Gasteiger partial charge in [0.25, 0.3) is 0 Å². The number of halogens is 5. The molecule has 5 aliphatic rings. The highest BCUT2D eigenvalue weighted by Gasteiger charge is 2.73. The number of hydrogen-bond acceptors (Lipinski definition) is 7. The molecule has 1 aliphatic heterocycles. The van der Waals surface area contributed by atoms with Crippen LogP contribution in [0.25, 0.3) is 5.69 Å². The van der Waals surface area contributed by atoms with E-state index in [0.29, 0.717) is 37.7 Å². The zero-order chi connectivity index (χ0) is 29.7. The van der Waals surface area contributed by atoms with Crippen LogP contribution in [0.3, 0.4) is 0 Å². The van der Waals surface area contributed by atoms with Gasteiger partial charge in [0.1, 0.15) is 12.2 Å². The average Bonchev–Trinajstić information content (AvgIpc) is 3.41. The highest BCUT2D eigenvalue weighted by molar-refractivity contribution is 5.79. The number of fused-ring (bicyclic) bond motifs is 2. The van der Waals surface area contributed by atoms with Gasteiger partial charge >= 0.3 is 18.4 Å². The van der Waals surface area contributed by atoms with Crippen molar-refractivity contribution in [3.8, 4) is 23.1 Å². The average molecular weight is 594 g/mol. The molecule has 0 radical (unpaired) electrons. The summed E-state index contributed by atoms with van der Waals surface area (Å²) in [5.41, 5.74) is -1.35. The van der Waals surface area contributed by atoms with Crippen molar-refractivity contribution >= 4 is 5.97 Å². The number of carbonyl (C=O) groups is 1. The van der Waals surface area contributed by atoms with Crippen LogP contribution in [-0.2, 0) is 22.1 Å². The van der Waals surface area contributed by atoms with Crippen LogP contribution < -0.4 is 14.2 Å². The zero-order valence-electron chi connectivity index (χ0n) is 22.1. The maximum atomic E-state index is 14.1. The van der Waals surface area contributed by atoms with E-state index in [0.717, 1.165) is 0 Å². The molecule has 42 heavy (non-hydrogen) atoms. The van der Waals surface area contributed by atoms with Gasteiger partial charge in [-0.3, -0.25) is 4.79 Å². The Morgan fingerprint density at radius 1 is 1.14 bits per heavy atom. The van der Waals surface area contributed by atoms with Crippen LogP contribution in [0.2, 0.25) is 0 Å². The summed E-state index contributed by atoms with van der Waals surface area (Å²) in [4.78, 5) is 15.7. The molecule has 14 heteroatoms. The second-order valence-electron chi connectivity index (χ2n) is 11.4. The topological polar surface area (TPSA) is 105 Å². The van der Waals surface area contributed by atoms with E-state index in [1.165, 1.54) is 41.2 Å². The highest BCUT2D eigenvalue weighted by Crippen LogP contribution is 2.70. The van der Waals surface area contributed by atoms with Gasteiger partial charge in [-0.25, -0.2) is 9.67 Å². The van der Waals surface area contributed by atoms with E-state index in [2.05, 4.69) is 19.6 Å². The summed E-state index contributed by atoms with van der Waals surface area (Å²) in [5.74, 6) is -1.08. The van der Waals surface area contributed by atoms with Gasteiger partial charge in [0.05, 0.1) is 22.4 Å². The SMILES string of the molecule is C[C@H](Oc1cc(-n2nc(C(F)(F)F)c3c2C(OC24CC(C(=O)O)(C2)C4)CCC3)ccn1)c1ccc2c(c1)OC(F)(F)O2. The third-order valence-electron chi connectivity index (χ3n) is 8.47. The number of aromatic nitrogens is 3. The molecule has 222 valence electrons. The smallest absolute Gasteiger partial charge is 0.481 e. The lowest BCUT2D eigenvalue weighted by Gasteiger charge is -2.67. The molecule has 4 aliphatic carbocycles. The quantitative estimate of drug-likeness (QED) is 0.326. The summed E-state index contributed by atoms with van der Waals surface area (Å²) in [6.45, 7) is 1.65. The Kier molecular flexibility index (Phi) is 5.63. The molecule has 9 nitrogen and oxygen atoms in total. The van der Waals surface area contributed by atoms with Gasteiger partial charge < -0.3 is 24.1 Å². The summed E-state index contributed by atoms with van der Waals surface area (Å²) in [7, 11) is 0. The number of benzene rings is 1. The minimum absolute atomic E-state index is 0.0584. The van der Waals surface area contributed by atoms with Crippen LogP contribution >= 0.6 is 0 Å². The highest BCUT2D eigenvalue weighted by atomic mass is 19.4. The van der Waals surface area contributed by atoms with Crippen molar-refractivity contribution in [2.75, 3.05) is 0 Å². The number of rotatable bonds is 7. The van der Waals surface area contributed by atoms with Crippen LogP contribution in [0.15, 0.2) is 36.5 Å². The normalized spacial score (nSPS) is 27.4. The molecule has 3 fully saturated rings. The Bertz CT molecular complexity index is 1590. The van der Waals surface area contributed by atoms with Crippen molar-refractivity contribution in [3.63, 3.8) is 0 Å². The number of carboxylic acid groups (broad SMARTS) is 1. The molecule has 2 atom stereocenters. The fourth-order valence-corrected chi connectivity index (χ4v) is 6.59. The molecule has 1 unspecified atom stereocenters. The number of alkyl halides is 5. The molecule has 2 aromatic heterocycles. The van der Waals surface area contributed by atoms with Gasteiger partial charge in [-0.2, -0.15) is 18.3 Å². The van der Waals surface area contributed by atoms with Crippen molar-refractivity contribution in [2.24, 2.45) is 5.41 Å². The van der Waals surface area contributed by atoms with Crippen molar-refractivity contribution in [1.82, 2.24) is 14.8 Å². The van der Waals surface area contributed by atoms with Gasteiger partial charge in [-0.05, 0) is 69.2 Å². The van der Waals surface area contributed by atoms with E-state index < -0.39 is 47.4 Å². The van der Waals surface area contributed by atoms with Gasteiger partial charge in [0.2, 0.25) is 5.88 Å². The maximum Gasteiger partial charge on any atom is 0.586 e. The summed E-state index contributed by atoms with van der Waals surface area (Å²) in [6, 6.07) is 7.15. The predicted octanol–water partition coefficient (Wildman–Crippen LogP) is 6.15. The van der Waals surface area contributed by atoms with E-state index in [-0.39, 0.29) is 40.7 Å². The minimum Gasteiger partial charge on any atom is -0.481 e. The molecule has 3 saturated carbocycles. The van der Waals surface area contributed by atoms with Crippen molar-refractivity contribution < 1.29 is 50.8 Å².